The van der Waals surface area contributed by atoms with Crippen LogP contribution in [0.4, 0.5) is 11.4 Å². The summed E-state index contributed by atoms with van der Waals surface area (Å²) in [4.78, 5) is 14.1. The first kappa shape index (κ1) is 14.9. The molecule has 2 rings (SSSR count). The van der Waals surface area contributed by atoms with Crippen LogP contribution in [0.5, 0.6) is 0 Å². The molecule has 7 nitrogen and oxygen atoms in total. The number of hydrogen-bond donors (Lipinski definition) is 1. The molecular weight excluding hydrogens is 294 g/mol. The summed E-state index contributed by atoms with van der Waals surface area (Å²) in [6.45, 7) is 0.307. The van der Waals surface area contributed by atoms with Gasteiger partial charge in [-0.15, -0.1) is 0 Å². The van der Waals surface area contributed by atoms with Crippen molar-refractivity contribution in [1.29, 1.82) is 0 Å². The van der Waals surface area contributed by atoms with Crippen molar-refractivity contribution in [2.24, 2.45) is 0 Å². The number of aromatic nitrogens is 1. The number of nitrogens with zero attached hydrogens (tertiary/aromatic N) is 2. The zero-order valence-electron chi connectivity index (χ0n) is 11.2. The topological polar surface area (TPSA) is 102 Å². The summed E-state index contributed by atoms with van der Waals surface area (Å²) in [7, 11) is -3.68. The maximum atomic E-state index is 11.6. The molecule has 1 N–H and O–H groups in total. The molecule has 0 bridgehead atoms. The van der Waals surface area contributed by atoms with Crippen molar-refractivity contribution in [2.75, 3.05) is 11.6 Å². The largest absolute Gasteiger partial charge is 0.375 e. The minimum Gasteiger partial charge on any atom is -0.375 e. The number of para-hydroxylation sites is 1. The third kappa shape index (κ3) is 3.54. The zero-order valence-corrected chi connectivity index (χ0v) is 12.0. The quantitative estimate of drug-likeness (QED) is 0.669. The Morgan fingerprint density at radius 1 is 1.29 bits per heavy atom. The van der Waals surface area contributed by atoms with E-state index in [1.54, 1.807) is 18.5 Å². The second kappa shape index (κ2) is 5.88. The van der Waals surface area contributed by atoms with Crippen LogP contribution in [0.3, 0.4) is 0 Å². The SMILES string of the molecule is CS(=O)(=O)c1cccc(NCc2cccnc2)c1[N+](=O)[O-]. The highest BCUT2D eigenvalue weighted by atomic mass is 32.2. The van der Waals surface area contributed by atoms with Gasteiger partial charge in [-0.3, -0.25) is 15.1 Å². The van der Waals surface area contributed by atoms with E-state index >= 15 is 0 Å². The first-order valence-electron chi connectivity index (χ1n) is 6.00. The third-order valence-corrected chi connectivity index (χ3v) is 3.92. The molecule has 110 valence electrons. The Labute approximate surface area is 121 Å². The highest BCUT2D eigenvalue weighted by Gasteiger charge is 2.25. The van der Waals surface area contributed by atoms with Gasteiger partial charge in [0.25, 0.3) is 0 Å². The van der Waals surface area contributed by atoms with E-state index in [0.717, 1.165) is 11.8 Å². The van der Waals surface area contributed by atoms with Crippen molar-refractivity contribution in [3.63, 3.8) is 0 Å². The lowest BCUT2D eigenvalue weighted by Gasteiger charge is -2.09. The number of benzene rings is 1. The van der Waals surface area contributed by atoms with Crippen molar-refractivity contribution >= 4 is 21.2 Å². The minimum absolute atomic E-state index is 0.159. The lowest BCUT2D eigenvalue weighted by Crippen LogP contribution is -2.07. The molecule has 21 heavy (non-hydrogen) atoms. The van der Waals surface area contributed by atoms with Crippen LogP contribution in [0.25, 0.3) is 0 Å². The van der Waals surface area contributed by atoms with Gasteiger partial charge in [-0.1, -0.05) is 12.1 Å². The molecule has 1 aromatic carbocycles. The summed E-state index contributed by atoms with van der Waals surface area (Å²) in [6.07, 6.45) is 4.19. The van der Waals surface area contributed by atoms with Crippen molar-refractivity contribution < 1.29 is 13.3 Å². The maximum Gasteiger partial charge on any atom is 0.310 e. The maximum absolute atomic E-state index is 11.6. The molecular formula is C13H13N3O4S. The monoisotopic (exact) mass is 307 g/mol. The van der Waals surface area contributed by atoms with Crippen LogP contribution in [0, 0.1) is 10.1 Å². The van der Waals surface area contributed by atoms with Crippen LogP contribution in [0.1, 0.15) is 5.56 Å². The first-order valence-corrected chi connectivity index (χ1v) is 7.89. The van der Waals surface area contributed by atoms with Gasteiger partial charge in [0.2, 0.25) is 0 Å². The molecule has 0 spiro atoms. The number of anilines is 1. The summed E-state index contributed by atoms with van der Waals surface area (Å²) in [5.41, 5.74) is 0.548. The van der Waals surface area contributed by atoms with E-state index < -0.39 is 20.4 Å². The molecule has 8 heteroatoms. The number of nitro benzene ring substituents is 1. The number of nitro groups is 1. The Hall–Kier alpha value is -2.48. The second-order valence-corrected chi connectivity index (χ2v) is 6.38. The fourth-order valence-electron chi connectivity index (χ4n) is 1.85. The average molecular weight is 307 g/mol. The summed E-state index contributed by atoms with van der Waals surface area (Å²) in [5.74, 6) is 0. The number of rotatable bonds is 5. The summed E-state index contributed by atoms with van der Waals surface area (Å²) < 4.78 is 23.3. The van der Waals surface area contributed by atoms with Crippen molar-refractivity contribution in [2.45, 2.75) is 11.4 Å². The molecule has 2 aromatic rings. The lowest BCUT2D eigenvalue weighted by atomic mass is 10.2. The van der Waals surface area contributed by atoms with Crippen LogP contribution in [-0.2, 0) is 16.4 Å². The van der Waals surface area contributed by atoms with Crippen molar-refractivity contribution in [1.82, 2.24) is 4.98 Å². The van der Waals surface area contributed by atoms with Gasteiger partial charge in [0.1, 0.15) is 10.6 Å². The number of nitrogens with one attached hydrogen (secondary N) is 1. The summed E-state index contributed by atoms with van der Waals surface area (Å²) in [5, 5.41) is 14.1. The molecule has 0 fully saturated rings. The minimum atomic E-state index is -3.68. The van der Waals surface area contributed by atoms with E-state index in [9.17, 15) is 18.5 Å². The van der Waals surface area contributed by atoms with E-state index in [1.165, 1.54) is 18.2 Å². The van der Waals surface area contributed by atoms with E-state index in [1.807, 2.05) is 6.07 Å². The van der Waals surface area contributed by atoms with Crippen LogP contribution in [-0.4, -0.2) is 24.6 Å². The molecule has 0 atom stereocenters. The van der Waals surface area contributed by atoms with Gasteiger partial charge in [-0.25, -0.2) is 8.42 Å². The smallest absolute Gasteiger partial charge is 0.310 e. The predicted molar refractivity (Wildman–Crippen MR) is 77.8 cm³/mol. The van der Waals surface area contributed by atoms with E-state index in [0.29, 0.717) is 6.54 Å². The first-order chi connectivity index (χ1) is 9.89. The van der Waals surface area contributed by atoms with Gasteiger partial charge in [-0.05, 0) is 23.8 Å². The normalized spacial score (nSPS) is 11.1. The average Bonchev–Trinajstić information content (AvgIpc) is 2.44. The molecule has 0 saturated carbocycles. The number of pyridine rings is 1. The molecule has 1 heterocycles. The summed E-state index contributed by atoms with van der Waals surface area (Å²) in [6, 6.07) is 7.73. The third-order valence-electron chi connectivity index (χ3n) is 2.79. The molecule has 0 aliphatic rings. The fraction of sp³-hybridized carbons (Fsp3) is 0.154. The molecule has 0 aliphatic carbocycles. The molecule has 0 aliphatic heterocycles. The van der Waals surface area contributed by atoms with Gasteiger partial charge in [0.05, 0.1) is 4.92 Å². The van der Waals surface area contributed by atoms with Crippen molar-refractivity contribution in [3.05, 3.63) is 58.4 Å². The predicted octanol–water partition coefficient (Wildman–Crippen LogP) is 2.01. The summed E-state index contributed by atoms with van der Waals surface area (Å²) >= 11 is 0. The highest BCUT2D eigenvalue weighted by Crippen LogP contribution is 2.32. The van der Waals surface area contributed by atoms with E-state index in [4.69, 9.17) is 0 Å². The van der Waals surface area contributed by atoms with Gasteiger partial charge >= 0.3 is 5.69 Å². The van der Waals surface area contributed by atoms with E-state index in [-0.39, 0.29) is 10.6 Å². The van der Waals surface area contributed by atoms with Gasteiger partial charge < -0.3 is 5.32 Å². The highest BCUT2D eigenvalue weighted by molar-refractivity contribution is 7.90. The Bertz CT molecular complexity index is 760. The molecule has 1 aromatic heterocycles. The molecule has 0 saturated heterocycles. The van der Waals surface area contributed by atoms with Crippen LogP contribution in [0.15, 0.2) is 47.6 Å². The Balaban J connectivity index is 2.38. The fourth-order valence-corrected chi connectivity index (χ4v) is 2.71. The lowest BCUT2D eigenvalue weighted by molar-refractivity contribution is -0.386. The van der Waals surface area contributed by atoms with Gasteiger partial charge in [0, 0.05) is 25.2 Å². The van der Waals surface area contributed by atoms with E-state index in [2.05, 4.69) is 10.3 Å². The Morgan fingerprint density at radius 3 is 2.62 bits per heavy atom. The van der Waals surface area contributed by atoms with Crippen LogP contribution in [0.2, 0.25) is 0 Å². The molecule has 0 radical (unpaired) electrons. The Kier molecular flexibility index (Phi) is 4.18. The van der Waals surface area contributed by atoms with Gasteiger partial charge in [-0.2, -0.15) is 0 Å². The van der Waals surface area contributed by atoms with Crippen molar-refractivity contribution in [3.8, 4) is 0 Å². The number of sulfone groups is 1. The molecule has 0 unspecified atom stereocenters. The standard InChI is InChI=1S/C13H13N3O4S/c1-21(19,20)12-6-2-5-11(13(12)16(17)18)15-9-10-4-3-7-14-8-10/h2-8,15H,9H2,1H3. The zero-order chi connectivity index (χ0) is 15.5. The van der Waals surface area contributed by atoms with Crippen LogP contribution >= 0.6 is 0 Å². The van der Waals surface area contributed by atoms with Crippen LogP contribution < -0.4 is 5.32 Å². The van der Waals surface area contributed by atoms with Gasteiger partial charge in [0.15, 0.2) is 9.84 Å². The second-order valence-electron chi connectivity index (χ2n) is 4.40. The molecule has 0 amide bonds. The Morgan fingerprint density at radius 2 is 2.05 bits per heavy atom. The number of hydrogen-bond acceptors (Lipinski definition) is 6.